The van der Waals surface area contributed by atoms with E-state index in [0.29, 0.717) is 23.8 Å². The third-order valence-electron chi connectivity index (χ3n) is 3.21. The Morgan fingerprint density at radius 1 is 1.32 bits per heavy atom. The van der Waals surface area contributed by atoms with Crippen LogP contribution in [0.2, 0.25) is 5.02 Å². The average molecular weight is 282 g/mol. The number of piperidine rings is 1. The standard InChI is InChI=1S/C13H16ClN3O2/c14-10-3-5-11(6-4-10)16-13(19)17-7-1-2-9(8-17)12(15)18/h3-6,9H,1-2,7-8H2,(H2,15,18)(H,16,19). The number of nitrogens with zero attached hydrogens (tertiary/aromatic N) is 1. The third kappa shape index (κ3) is 3.61. The van der Waals surface area contributed by atoms with E-state index >= 15 is 0 Å². The van der Waals surface area contributed by atoms with E-state index in [1.54, 1.807) is 29.2 Å². The van der Waals surface area contributed by atoms with Gasteiger partial charge in [0, 0.05) is 23.8 Å². The Kier molecular flexibility index (Phi) is 4.27. The largest absolute Gasteiger partial charge is 0.369 e. The summed E-state index contributed by atoms with van der Waals surface area (Å²) >= 11 is 5.78. The molecule has 0 saturated carbocycles. The lowest BCUT2D eigenvalue weighted by Gasteiger charge is -2.31. The molecule has 1 unspecified atom stereocenters. The van der Waals surface area contributed by atoms with Gasteiger partial charge in [-0.1, -0.05) is 11.6 Å². The number of amides is 3. The first-order valence-corrected chi connectivity index (χ1v) is 6.55. The zero-order valence-corrected chi connectivity index (χ0v) is 11.2. The van der Waals surface area contributed by atoms with Crippen LogP contribution in [0.1, 0.15) is 12.8 Å². The highest BCUT2D eigenvalue weighted by molar-refractivity contribution is 6.30. The van der Waals surface area contributed by atoms with Gasteiger partial charge >= 0.3 is 6.03 Å². The van der Waals surface area contributed by atoms with Crippen molar-refractivity contribution in [1.29, 1.82) is 0 Å². The molecule has 0 bridgehead atoms. The Balaban J connectivity index is 1.96. The fraction of sp³-hybridized carbons (Fsp3) is 0.385. The van der Waals surface area contributed by atoms with Crippen molar-refractivity contribution >= 4 is 29.2 Å². The van der Waals surface area contributed by atoms with Gasteiger partial charge in [-0.3, -0.25) is 4.79 Å². The van der Waals surface area contributed by atoms with Crippen LogP contribution in [-0.2, 0) is 4.79 Å². The van der Waals surface area contributed by atoms with Crippen molar-refractivity contribution < 1.29 is 9.59 Å². The van der Waals surface area contributed by atoms with Gasteiger partial charge in [0.1, 0.15) is 0 Å². The van der Waals surface area contributed by atoms with Crippen LogP contribution in [-0.4, -0.2) is 29.9 Å². The van der Waals surface area contributed by atoms with Crippen molar-refractivity contribution in [3.05, 3.63) is 29.3 Å². The molecule has 1 aliphatic heterocycles. The maximum absolute atomic E-state index is 12.1. The van der Waals surface area contributed by atoms with Gasteiger partial charge in [0.25, 0.3) is 0 Å². The zero-order chi connectivity index (χ0) is 13.8. The minimum atomic E-state index is -0.344. The van der Waals surface area contributed by atoms with Crippen molar-refractivity contribution in [1.82, 2.24) is 4.90 Å². The Hall–Kier alpha value is -1.75. The van der Waals surface area contributed by atoms with Gasteiger partial charge in [0.15, 0.2) is 0 Å². The predicted octanol–water partition coefficient (Wildman–Crippen LogP) is 2.07. The summed E-state index contributed by atoms with van der Waals surface area (Å²) in [5.41, 5.74) is 5.96. The van der Waals surface area contributed by atoms with Crippen molar-refractivity contribution in [3.63, 3.8) is 0 Å². The smallest absolute Gasteiger partial charge is 0.321 e. The van der Waals surface area contributed by atoms with Gasteiger partial charge in [0.2, 0.25) is 5.91 Å². The number of carbonyl (C=O) groups excluding carboxylic acids is 2. The molecule has 102 valence electrons. The lowest BCUT2D eigenvalue weighted by molar-refractivity contribution is -0.123. The quantitative estimate of drug-likeness (QED) is 0.871. The Morgan fingerprint density at radius 3 is 2.63 bits per heavy atom. The number of likely N-dealkylation sites (tertiary alicyclic amines) is 1. The Morgan fingerprint density at radius 2 is 2.00 bits per heavy atom. The molecule has 3 N–H and O–H groups in total. The number of primary amides is 1. The molecule has 3 amide bonds. The summed E-state index contributed by atoms with van der Waals surface area (Å²) in [7, 11) is 0. The fourth-order valence-corrected chi connectivity index (χ4v) is 2.26. The molecule has 1 saturated heterocycles. The monoisotopic (exact) mass is 281 g/mol. The van der Waals surface area contributed by atoms with E-state index in [9.17, 15) is 9.59 Å². The maximum atomic E-state index is 12.1. The Bertz CT molecular complexity index is 475. The second kappa shape index (κ2) is 5.93. The summed E-state index contributed by atoms with van der Waals surface area (Å²) in [6.45, 7) is 1.03. The molecule has 0 radical (unpaired) electrons. The highest BCUT2D eigenvalue weighted by atomic mass is 35.5. The summed E-state index contributed by atoms with van der Waals surface area (Å²) in [5, 5.41) is 3.39. The van der Waals surface area contributed by atoms with Crippen LogP contribution in [0.4, 0.5) is 10.5 Å². The van der Waals surface area contributed by atoms with Crippen molar-refractivity contribution in [2.45, 2.75) is 12.8 Å². The molecule has 1 atom stereocenters. The average Bonchev–Trinajstić information content (AvgIpc) is 2.41. The van der Waals surface area contributed by atoms with Crippen LogP contribution in [0.5, 0.6) is 0 Å². The number of hydrogen-bond donors (Lipinski definition) is 2. The molecule has 0 aliphatic carbocycles. The van der Waals surface area contributed by atoms with Gasteiger partial charge < -0.3 is 16.0 Å². The first-order valence-electron chi connectivity index (χ1n) is 6.17. The van der Waals surface area contributed by atoms with Gasteiger partial charge in [-0.05, 0) is 37.1 Å². The van der Waals surface area contributed by atoms with E-state index in [-0.39, 0.29) is 17.9 Å². The number of carbonyl (C=O) groups is 2. The van der Waals surface area contributed by atoms with Crippen molar-refractivity contribution in [3.8, 4) is 0 Å². The minimum Gasteiger partial charge on any atom is -0.369 e. The molecule has 19 heavy (non-hydrogen) atoms. The number of rotatable bonds is 2. The number of nitrogens with two attached hydrogens (primary N) is 1. The molecule has 6 heteroatoms. The lowest BCUT2D eigenvalue weighted by atomic mass is 9.98. The van der Waals surface area contributed by atoms with E-state index in [1.807, 2.05) is 0 Å². The molecule has 5 nitrogen and oxygen atoms in total. The van der Waals surface area contributed by atoms with Gasteiger partial charge in [-0.25, -0.2) is 4.79 Å². The number of benzene rings is 1. The second-order valence-corrected chi connectivity index (χ2v) is 5.06. The van der Waals surface area contributed by atoms with E-state index in [4.69, 9.17) is 17.3 Å². The molecular weight excluding hydrogens is 266 g/mol. The van der Waals surface area contributed by atoms with Crippen LogP contribution in [0.15, 0.2) is 24.3 Å². The normalized spacial score (nSPS) is 19.0. The summed E-state index contributed by atoms with van der Waals surface area (Å²) in [6, 6.07) is 6.67. The van der Waals surface area contributed by atoms with E-state index in [0.717, 1.165) is 12.8 Å². The van der Waals surface area contributed by atoms with Crippen LogP contribution in [0.3, 0.4) is 0 Å². The zero-order valence-electron chi connectivity index (χ0n) is 10.4. The van der Waals surface area contributed by atoms with Crippen LogP contribution in [0.25, 0.3) is 0 Å². The number of anilines is 1. The SMILES string of the molecule is NC(=O)C1CCCN(C(=O)Nc2ccc(Cl)cc2)C1. The Labute approximate surface area is 116 Å². The minimum absolute atomic E-state index is 0.215. The number of nitrogens with one attached hydrogen (secondary N) is 1. The van der Waals surface area contributed by atoms with E-state index < -0.39 is 0 Å². The third-order valence-corrected chi connectivity index (χ3v) is 3.46. The molecule has 1 fully saturated rings. The molecule has 2 rings (SSSR count). The molecule has 1 aromatic rings. The summed E-state index contributed by atoms with van der Waals surface area (Å²) in [6.07, 6.45) is 1.54. The van der Waals surface area contributed by atoms with E-state index in [2.05, 4.69) is 5.32 Å². The summed E-state index contributed by atoms with van der Waals surface area (Å²) in [5.74, 6) is -0.589. The first-order chi connectivity index (χ1) is 9.06. The second-order valence-electron chi connectivity index (χ2n) is 4.62. The van der Waals surface area contributed by atoms with E-state index in [1.165, 1.54) is 0 Å². The number of halogens is 1. The molecule has 1 aromatic carbocycles. The lowest BCUT2D eigenvalue weighted by Crippen LogP contribution is -2.45. The fourth-order valence-electron chi connectivity index (χ4n) is 2.13. The molecule has 1 heterocycles. The topological polar surface area (TPSA) is 75.4 Å². The van der Waals surface area contributed by atoms with Crippen molar-refractivity contribution in [2.24, 2.45) is 11.7 Å². The highest BCUT2D eigenvalue weighted by Crippen LogP contribution is 2.18. The van der Waals surface area contributed by atoms with Crippen LogP contribution in [0, 0.1) is 5.92 Å². The molecule has 0 spiro atoms. The summed E-state index contributed by atoms with van der Waals surface area (Å²) in [4.78, 5) is 24.8. The molecule has 1 aliphatic rings. The van der Waals surface area contributed by atoms with Crippen LogP contribution < -0.4 is 11.1 Å². The number of hydrogen-bond acceptors (Lipinski definition) is 2. The first kappa shape index (κ1) is 13.7. The van der Waals surface area contributed by atoms with Gasteiger partial charge in [-0.15, -0.1) is 0 Å². The van der Waals surface area contributed by atoms with Crippen LogP contribution >= 0.6 is 11.6 Å². The van der Waals surface area contributed by atoms with Gasteiger partial charge in [0.05, 0.1) is 5.92 Å². The van der Waals surface area contributed by atoms with Crippen molar-refractivity contribution in [2.75, 3.05) is 18.4 Å². The van der Waals surface area contributed by atoms with Gasteiger partial charge in [-0.2, -0.15) is 0 Å². The molecular formula is C13H16ClN3O2. The maximum Gasteiger partial charge on any atom is 0.321 e. The summed E-state index contributed by atoms with van der Waals surface area (Å²) < 4.78 is 0. The predicted molar refractivity (Wildman–Crippen MR) is 74.0 cm³/mol. The number of urea groups is 1. The molecule has 0 aromatic heterocycles. The highest BCUT2D eigenvalue weighted by Gasteiger charge is 2.26.